The maximum absolute atomic E-state index is 10.9. The first-order valence-electron chi connectivity index (χ1n) is 10.5. The van der Waals surface area contributed by atoms with Crippen LogP contribution in [0.1, 0.15) is 71.1 Å². The van der Waals surface area contributed by atoms with Crippen LogP contribution in [-0.2, 0) is 10.1 Å². The molecule has 0 radical (unpaired) electrons. The van der Waals surface area contributed by atoms with E-state index in [2.05, 4.69) is 11.8 Å². The predicted octanol–water partition coefficient (Wildman–Crippen LogP) is 1.87. The number of aliphatic hydroxyl groups is 2. The minimum Gasteiger partial charge on any atom is -0.392 e. The largest absolute Gasteiger partial charge is 0.392 e. The van der Waals surface area contributed by atoms with Gasteiger partial charge in [0.1, 0.15) is 38.0 Å². The van der Waals surface area contributed by atoms with E-state index in [9.17, 15) is 18.6 Å². The number of amidine groups is 1. The van der Waals surface area contributed by atoms with Gasteiger partial charge < -0.3 is 10.2 Å². The lowest BCUT2D eigenvalue weighted by Gasteiger charge is -2.14. The molecule has 1 rings (SSSR count). The van der Waals surface area contributed by atoms with Gasteiger partial charge in [-0.15, -0.1) is 0 Å². The van der Waals surface area contributed by atoms with E-state index in [0.717, 1.165) is 31.6 Å². The van der Waals surface area contributed by atoms with Gasteiger partial charge in [0.15, 0.2) is 0 Å². The summed E-state index contributed by atoms with van der Waals surface area (Å²) in [5.41, 5.74) is 0. The molecule has 7 nitrogen and oxygen atoms in total. The van der Waals surface area contributed by atoms with Crippen molar-refractivity contribution in [1.29, 1.82) is 0 Å². The topological polar surface area (TPSA) is 101 Å². The van der Waals surface area contributed by atoms with Crippen molar-refractivity contribution in [3.8, 4) is 0 Å². The maximum atomic E-state index is 10.9. The highest BCUT2D eigenvalue weighted by molar-refractivity contribution is 7.85. The van der Waals surface area contributed by atoms with Crippen LogP contribution in [0.25, 0.3) is 0 Å². The summed E-state index contributed by atoms with van der Waals surface area (Å²) in [5.74, 6) is 0.427. The Balaban J connectivity index is 2.42. The molecule has 0 bridgehead atoms. The van der Waals surface area contributed by atoms with Crippen LogP contribution in [0, 0.1) is 0 Å². The number of aliphatic hydroxyl groups excluding tert-OH is 2. The molecule has 0 saturated carbocycles. The summed E-state index contributed by atoms with van der Waals surface area (Å²) in [5, 5.41) is 19.2. The van der Waals surface area contributed by atoms with E-state index in [1.807, 2.05) is 4.58 Å². The second kappa shape index (κ2) is 13.5. The van der Waals surface area contributed by atoms with Crippen LogP contribution in [0.3, 0.4) is 0 Å². The molecule has 0 unspecified atom stereocenters. The molecule has 1 aliphatic rings. The molecule has 1 aliphatic heterocycles. The molecule has 160 valence electrons. The van der Waals surface area contributed by atoms with E-state index in [-0.39, 0.29) is 13.2 Å². The monoisotopic (exact) mass is 407 g/mol. The van der Waals surface area contributed by atoms with Gasteiger partial charge in [-0.2, -0.15) is 8.42 Å². The third-order valence-electron chi connectivity index (χ3n) is 5.08. The Labute approximate surface area is 164 Å². The summed E-state index contributed by atoms with van der Waals surface area (Å²) < 4.78 is 32.8. The van der Waals surface area contributed by atoms with Crippen LogP contribution < -0.4 is 0 Å². The van der Waals surface area contributed by atoms with Gasteiger partial charge in [0.25, 0.3) is 10.1 Å². The van der Waals surface area contributed by atoms with Crippen LogP contribution >= 0.6 is 0 Å². The van der Waals surface area contributed by atoms with Crippen molar-refractivity contribution in [1.82, 2.24) is 4.90 Å². The van der Waals surface area contributed by atoms with Gasteiger partial charge in [0.2, 0.25) is 5.84 Å². The Bertz CT molecular complexity index is 536. The molecule has 0 fully saturated rings. The van der Waals surface area contributed by atoms with Gasteiger partial charge in [-0.25, -0.2) is 0 Å². The van der Waals surface area contributed by atoms with Crippen LogP contribution in [-0.4, -0.2) is 83.1 Å². The molecule has 8 heteroatoms. The zero-order valence-corrected chi connectivity index (χ0v) is 17.7. The average Bonchev–Trinajstić information content (AvgIpc) is 2.93. The van der Waals surface area contributed by atoms with Crippen molar-refractivity contribution in [3.05, 3.63) is 0 Å². The summed E-state index contributed by atoms with van der Waals surface area (Å²) in [4.78, 5) is 2.12. The van der Waals surface area contributed by atoms with Crippen LogP contribution in [0.15, 0.2) is 0 Å². The van der Waals surface area contributed by atoms with Gasteiger partial charge in [-0.3, -0.25) is 14.0 Å². The van der Waals surface area contributed by atoms with Crippen molar-refractivity contribution in [2.45, 2.75) is 77.2 Å². The summed E-state index contributed by atoms with van der Waals surface area (Å²) >= 11 is 0. The van der Waals surface area contributed by atoms with E-state index in [4.69, 9.17) is 4.55 Å². The lowest BCUT2D eigenvalue weighted by atomic mass is 10.1. The number of hydrogen-bond donors (Lipinski definition) is 3. The highest BCUT2D eigenvalue weighted by atomic mass is 32.2. The smallest absolute Gasteiger partial charge is 0.267 e. The number of hydrogen-bond acceptors (Lipinski definition) is 5. The third kappa shape index (κ3) is 11.0. The minimum absolute atomic E-state index is 0.0721. The van der Waals surface area contributed by atoms with Crippen molar-refractivity contribution in [2.24, 2.45) is 0 Å². The second-order valence-corrected chi connectivity index (χ2v) is 9.05. The van der Waals surface area contributed by atoms with E-state index < -0.39 is 22.0 Å². The Morgan fingerprint density at radius 3 is 2.22 bits per heavy atom. The van der Waals surface area contributed by atoms with Crippen molar-refractivity contribution >= 4 is 16.0 Å². The molecule has 27 heavy (non-hydrogen) atoms. The predicted molar refractivity (Wildman–Crippen MR) is 108 cm³/mol. The standard InChI is InChI=1S/C19H38N2O5S/c1-2-3-4-5-6-7-8-9-10-11-19-20(14-15-22)12-13-21(19)16-18(23)17-27(24,25)26/h18,22-23H,2-17H2,1H3/p+1/t18-/m0/s1. The molecule has 0 aromatic carbocycles. The fourth-order valence-corrected chi connectivity index (χ4v) is 4.31. The average molecular weight is 408 g/mol. The zero-order chi connectivity index (χ0) is 20.1. The lowest BCUT2D eigenvalue weighted by Crippen LogP contribution is -2.35. The number of rotatable bonds is 16. The summed E-state index contributed by atoms with van der Waals surface area (Å²) in [7, 11) is -4.18. The molecule has 0 saturated heterocycles. The van der Waals surface area contributed by atoms with Gasteiger partial charge in [-0.1, -0.05) is 58.3 Å². The Morgan fingerprint density at radius 2 is 1.67 bits per heavy atom. The molecular weight excluding hydrogens is 368 g/mol. The number of nitrogens with zero attached hydrogens (tertiary/aromatic N) is 2. The molecule has 1 heterocycles. The fourth-order valence-electron chi connectivity index (χ4n) is 3.72. The first-order chi connectivity index (χ1) is 12.9. The van der Waals surface area contributed by atoms with Crippen molar-refractivity contribution in [3.63, 3.8) is 0 Å². The Hall–Kier alpha value is -0.700. The molecular formula is C19H39N2O5S+. The van der Waals surface area contributed by atoms with E-state index in [1.165, 1.54) is 44.9 Å². The number of unbranched alkanes of at least 4 members (excludes halogenated alkanes) is 8. The highest BCUT2D eigenvalue weighted by Gasteiger charge is 2.31. The van der Waals surface area contributed by atoms with Gasteiger partial charge >= 0.3 is 0 Å². The maximum Gasteiger partial charge on any atom is 0.267 e. The van der Waals surface area contributed by atoms with Gasteiger partial charge in [-0.05, 0) is 6.42 Å². The van der Waals surface area contributed by atoms with Crippen LogP contribution in [0.4, 0.5) is 0 Å². The summed E-state index contributed by atoms with van der Waals surface area (Å²) in [6, 6.07) is 0. The van der Waals surface area contributed by atoms with Crippen molar-refractivity contribution in [2.75, 3.05) is 38.5 Å². The molecule has 0 aliphatic carbocycles. The Morgan fingerprint density at radius 1 is 1.07 bits per heavy atom. The van der Waals surface area contributed by atoms with E-state index >= 15 is 0 Å². The van der Waals surface area contributed by atoms with Gasteiger partial charge in [0, 0.05) is 6.42 Å². The highest BCUT2D eigenvalue weighted by Crippen LogP contribution is 2.14. The third-order valence-corrected chi connectivity index (χ3v) is 5.88. The summed E-state index contributed by atoms with van der Waals surface area (Å²) in [6.07, 6.45) is 11.0. The fraction of sp³-hybridized carbons (Fsp3) is 0.947. The number of β-amino-alcohol motifs (C(OH)–C–C–N with tert-alkyl or cyclic N) is 2. The normalized spacial score (nSPS) is 16.4. The molecule has 3 N–H and O–H groups in total. The molecule has 1 atom stereocenters. The molecule has 0 aromatic heterocycles. The van der Waals surface area contributed by atoms with Crippen LogP contribution in [0.2, 0.25) is 0 Å². The quantitative estimate of drug-likeness (QED) is 0.205. The second-order valence-electron chi connectivity index (χ2n) is 7.55. The van der Waals surface area contributed by atoms with E-state index in [1.54, 1.807) is 0 Å². The molecule has 0 amide bonds. The van der Waals surface area contributed by atoms with Gasteiger partial charge in [0.05, 0.1) is 6.61 Å². The first kappa shape index (κ1) is 24.3. The SMILES string of the molecule is CCCCCCCCCCCC1=[N+](C[C@H](O)CS(=O)(=O)O)CCN1CCO. The van der Waals surface area contributed by atoms with E-state index in [0.29, 0.717) is 13.1 Å². The van der Waals surface area contributed by atoms with Crippen LogP contribution in [0.5, 0.6) is 0 Å². The van der Waals surface area contributed by atoms with Crippen molar-refractivity contribution < 1.29 is 27.8 Å². The molecule has 0 spiro atoms. The summed E-state index contributed by atoms with van der Waals surface area (Å²) in [6.45, 7) is 4.52. The lowest BCUT2D eigenvalue weighted by molar-refractivity contribution is -0.527. The minimum atomic E-state index is -4.18. The Kier molecular flexibility index (Phi) is 12.1. The first-order valence-corrected chi connectivity index (χ1v) is 12.1. The molecule has 0 aromatic rings. The zero-order valence-electron chi connectivity index (χ0n) is 16.9.